The van der Waals surface area contributed by atoms with Crippen LogP contribution in [-0.4, -0.2) is 36.1 Å². The molecular weight excluding hydrogens is 223 g/mol. The van der Waals surface area contributed by atoms with Crippen LogP contribution in [0, 0.1) is 0 Å². The van der Waals surface area contributed by atoms with Gasteiger partial charge in [-0.15, -0.1) is 0 Å². The number of nitrogens with two attached hydrogens (primary N) is 1. The third-order valence-corrected chi connectivity index (χ3v) is 2.38. The zero-order chi connectivity index (χ0) is 12.8. The lowest BCUT2D eigenvalue weighted by molar-refractivity contribution is -0.214. The molecule has 16 heavy (non-hydrogen) atoms. The van der Waals surface area contributed by atoms with Gasteiger partial charge in [0.25, 0.3) is 0 Å². The summed E-state index contributed by atoms with van der Waals surface area (Å²) in [6, 6.07) is 0. The second-order valence-corrected chi connectivity index (χ2v) is 4.21. The normalized spacial score (nSPS) is 18.2. The van der Waals surface area contributed by atoms with E-state index in [4.69, 9.17) is 5.73 Å². The highest BCUT2D eigenvalue weighted by Crippen LogP contribution is 2.22. The van der Waals surface area contributed by atoms with Gasteiger partial charge in [0.15, 0.2) is 6.10 Å². The Hall–Kier alpha value is -0.330. The van der Waals surface area contributed by atoms with Crippen molar-refractivity contribution in [3.05, 3.63) is 0 Å². The molecule has 2 atom stereocenters. The lowest BCUT2D eigenvalue weighted by Gasteiger charge is -2.21. The number of unbranched alkanes of at least 4 members (excludes halogenated alkanes) is 1. The maximum absolute atomic E-state index is 12.0. The Bertz CT molecular complexity index is 195. The van der Waals surface area contributed by atoms with E-state index in [1.807, 2.05) is 0 Å². The van der Waals surface area contributed by atoms with Crippen LogP contribution in [0.1, 0.15) is 33.1 Å². The topological polar surface area (TPSA) is 55.5 Å². The summed E-state index contributed by atoms with van der Waals surface area (Å²) in [6.07, 6.45) is -4.50. The minimum atomic E-state index is -4.30. The van der Waals surface area contributed by atoms with E-state index in [1.165, 1.54) is 0 Å². The van der Waals surface area contributed by atoms with Crippen LogP contribution in [0.5, 0.6) is 0 Å². The number of halogens is 3. The van der Waals surface area contributed by atoms with Gasteiger partial charge in [-0.1, -0.05) is 0 Å². The van der Waals surface area contributed by atoms with Gasteiger partial charge in [-0.3, -0.25) is 0 Å². The molecule has 0 aromatic carbocycles. The molecule has 6 heteroatoms. The molecule has 0 aromatic heterocycles. The maximum atomic E-state index is 12.0. The van der Waals surface area contributed by atoms with Crippen LogP contribution < -0.4 is 5.73 Å². The van der Waals surface area contributed by atoms with Crippen molar-refractivity contribution in [3.63, 3.8) is 0 Å². The first-order chi connectivity index (χ1) is 7.19. The molecule has 3 N–H and O–H groups in total. The molecule has 0 saturated carbocycles. The molecule has 0 radical (unpaired) electrons. The fourth-order valence-corrected chi connectivity index (χ4v) is 1.06. The van der Waals surface area contributed by atoms with Crippen molar-refractivity contribution in [2.45, 2.75) is 51.0 Å². The molecule has 0 heterocycles. The summed E-state index contributed by atoms with van der Waals surface area (Å²) >= 11 is 0. The summed E-state index contributed by atoms with van der Waals surface area (Å²) in [5.74, 6) is 0. The van der Waals surface area contributed by atoms with Crippen LogP contribution >= 0.6 is 0 Å². The highest BCUT2D eigenvalue weighted by molar-refractivity contribution is 4.72. The molecule has 0 aliphatic carbocycles. The Morgan fingerprint density at radius 2 is 1.88 bits per heavy atom. The predicted octanol–water partition coefficient (Wildman–Crippen LogP) is 1.83. The molecular formula is C10H20F3NO2. The molecule has 0 fully saturated rings. The van der Waals surface area contributed by atoms with Crippen LogP contribution in [0.25, 0.3) is 0 Å². The Morgan fingerprint density at radius 3 is 2.31 bits per heavy atom. The molecule has 0 aliphatic heterocycles. The lowest BCUT2D eigenvalue weighted by atomic mass is 10.00. The van der Waals surface area contributed by atoms with Gasteiger partial charge >= 0.3 is 6.18 Å². The van der Waals surface area contributed by atoms with Gasteiger partial charge in [-0.2, -0.15) is 13.2 Å². The van der Waals surface area contributed by atoms with Gasteiger partial charge in [0.1, 0.15) is 0 Å². The van der Waals surface area contributed by atoms with E-state index >= 15 is 0 Å². The highest BCUT2D eigenvalue weighted by Gasteiger charge is 2.36. The van der Waals surface area contributed by atoms with E-state index in [2.05, 4.69) is 4.74 Å². The van der Waals surface area contributed by atoms with Crippen LogP contribution in [0.4, 0.5) is 13.2 Å². The van der Waals surface area contributed by atoms with E-state index < -0.39 is 17.9 Å². The summed E-state index contributed by atoms with van der Waals surface area (Å²) in [5.41, 5.74) is 4.36. The molecule has 0 rings (SSSR count). The zero-order valence-electron chi connectivity index (χ0n) is 9.68. The smallest absolute Gasteiger partial charge is 0.389 e. The first-order valence-electron chi connectivity index (χ1n) is 5.30. The van der Waals surface area contributed by atoms with E-state index in [9.17, 15) is 18.3 Å². The Kier molecular flexibility index (Phi) is 6.28. The Morgan fingerprint density at radius 1 is 1.31 bits per heavy atom. The SMILES string of the molecule is CC(OCCCCC(C)(O)CN)C(F)(F)F. The van der Waals surface area contributed by atoms with Crippen LogP contribution in [0.15, 0.2) is 0 Å². The summed E-state index contributed by atoms with van der Waals surface area (Å²) in [6.45, 7) is 2.77. The van der Waals surface area contributed by atoms with Gasteiger partial charge in [0, 0.05) is 13.2 Å². The van der Waals surface area contributed by atoms with Crippen molar-refractivity contribution in [1.29, 1.82) is 0 Å². The van der Waals surface area contributed by atoms with Crippen molar-refractivity contribution in [1.82, 2.24) is 0 Å². The number of hydrogen-bond donors (Lipinski definition) is 2. The largest absolute Gasteiger partial charge is 0.414 e. The van der Waals surface area contributed by atoms with Crippen molar-refractivity contribution in [2.24, 2.45) is 5.73 Å². The fourth-order valence-electron chi connectivity index (χ4n) is 1.06. The fraction of sp³-hybridized carbons (Fsp3) is 1.00. The van der Waals surface area contributed by atoms with Crippen molar-refractivity contribution < 1.29 is 23.0 Å². The van der Waals surface area contributed by atoms with Crippen molar-refractivity contribution in [3.8, 4) is 0 Å². The van der Waals surface area contributed by atoms with Crippen LogP contribution in [0.2, 0.25) is 0 Å². The summed E-state index contributed by atoms with van der Waals surface area (Å²) < 4.78 is 40.7. The third kappa shape index (κ3) is 7.03. The maximum Gasteiger partial charge on any atom is 0.414 e. The van der Waals surface area contributed by atoms with Crippen molar-refractivity contribution >= 4 is 0 Å². The predicted molar refractivity (Wildman–Crippen MR) is 55.0 cm³/mol. The minimum Gasteiger partial charge on any atom is -0.389 e. The molecule has 98 valence electrons. The van der Waals surface area contributed by atoms with Crippen LogP contribution in [-0.2, 0) is 4.74 Å². The van der Waals surface area contributed by atoms with Gasteiger partial charge in [-0.05, 0) is 33.1 Å². The number of alkyl halides is 3. The summed E-state index contributed by atoms with van der Waals surface area (Å²) in [7, 11) is 0. The summed E-state index contributed by atoms with van der Waals surface area (Å²) in [4.78, 5) is 0. The molecule has 0 aliphatic rings. The number of rotatable bonds is 7. The molecule has 0 saturated heterocycles. The second kappa shape index (κ2) is 6.42. The number of hydrogen-bond acceptors (Lipinski definition) is 3. The average molecular weight is 243 g/mol. The number of ether oxygens (including phenoxy) is 1. The molecule has 0 bridgehead atoms. The van der Waals surface area contributed by atoms with E-state index in [0.717, 1.165) is 6.92 Å². The zero-order valence-corrected chi connectivity index (χ0v) is 9.68. The molecule has 0 spiro atoms. The second-order valence-electron chi connectivity index (χ2n) is 4.21. The van der Waals surface area contributed by atoms with Crippen molar-refractivity contribution in [2.75, 3.05) is 13.2 Å². The average Bonchev–Trinajstić information content (AvgIpc) is 2.15. The minimum absolute atomic E-state index is 0.0430. The van der Waals surface area contributed by atoms with Gasteiger partial charge in [-0.25, -0.2) is 0 Å². The van der Waals surface area contributed by atoms with E-state index in [-0.39, 0.29) is 13.2 Å². The Labute approximate surface area is 93.8 Å². The third-order valence-electron chi connectivity index (χ3n) is 2.38. The monoisotopic (exact) mass is 243 g/mol. The standard InChI is InChI=1S/C10H20F3NO2/c1-8(10(11,12)13)16-6-4-3-5-9(2,15)7-14/h8,15H,3-7,14H2,1-2H3. The first kappa shape index (κ1) is 15.7. The Balaban J connectivity index is 3.55. The first-order valence-corrected chi connectivity index (χ1v) is 5.30. The molecule has 3 nitrogen and oxygen atoms in total. The van der Waals surface area contributed by atoms with Gasteiger partial charge in [0.2, 0.25) is 0 Å². The lowest BCUT2D eigenvalue weighted by Crippen LogP contribution is -2.34. The molecule has 2 unspecified atom stereocenters. The van der Waals surface area contributed by atoms with E-state index in [0.29, 0.717) is 19.3 Å². The van der Waals surface area contributed by atoms with Gasteiger partial charge < -0.3 is 15.6 Å². The van der Waals surface area contributed by atoms with E-state index in [1.54, 1.807) is 6.92 Å². The molecule has 0 aromatic rings. The number of aliphatic hydroxyl groups is 1. The van der Waals surface area contributed by atoms with Gasteiger partial charge in [0.05, 0.1) is 5.60 Å². The highest BCUT2D eigenvalue weighted by atomic mass is 19.4. The van der Waals surface area contributed by atoms with Crippen LogP contribution in [0.3, 0.4) is 0 Å². The quantitative estimate of drug-likeness (QED) is 0.671. The molecule has 0 amide bonds. The summed E-state index contributed by atoms with van der Waals surface area (Å²) in [5, 5.41) is 9.52.